The van der Waals surface area contributed by atoms with Crippen LogP contribution in [-0.4, -0.2) is 19.9 Å². The van der Waals surface area contributed by atoms with Gasteiger partial charge in [0.2, 0.25) is 0 Å². The molecular formula is C14H16ClN3O. The van der Waals surface area contributed by atoms with Crippen molar-refractivity contribution in [2.24, 2.45) is 11.8 Å². The molecule has 5 heteroatoms. The van der Waals surface area contributed by atoms with Crippen molar-refractivity contribution >= 4 is 11.6 Å². The lowest BCUT2D eigenvalue weighted by Gasteiger charge is -2.34. The highest BCUT2D eigenvalue weighted by molar-refractivity contribution is 6.30. The maximum Gasteiger partial charge on any atom is 0.188 e. The Balaban J connectivity index is 2.07. The average Bonchev–Trinajstić information content (AvgIpc) is 3.12. The van der Waals surface area contributed by atoms with Gasteiger partial charge in [0.1, 0.15) is 12.7 Å². The van der Waals surface area contributed by atoms with E-state index in [4.69, 9.17) is 11.6 Å². The summed E-state index contributed by atoms with van der Waals surface area (Å²) in [7, 11) is 0. The molecular weight excluding hydrogens is 262 g/mol. The molecule has 2 atom stereocenters. The number of nitrogens with zero attached hydrogens (tertiary/aromatic N) is 3. The monoisotopic (exact) mass is 277 g/mol. The van der Waals surface area contributed by atoms with E-state index in [2.05, 4.69) is 17.0 Å². The van der Waals surface area contributed by atoms with E-state index < -0.39 is 5.72 Å². The van der Waals surface area contributed by atoms with Crippen molar-refractivity contribution in [3.63, 3.8) is 0 Å². The fourth-order valence-corrected chi connectivity index (χ4v) is 2.73. The summed E-state index contributed by atoms with van der Waals surface area (Å²) in [5, 5.41) is 16.0. The molecule has 1 saturated carbocycles. The zero-order valence-electron chi connectivity index (χ0n) is 10.7. The van der Waals surface area contributed by atoms with Crippen LogP contribution in [0, 0.1) is 11.8 Å². The highest BCUT2D eigenvalue weighted by Crippen LogP contribution is 2.46. The second-order valence-corrected chi connectivity index (χ2v) is 5.64. The normalized spacial score (nSPS) is 19.9. The maximum atomic E-state index is 11.2. The Kier molecular flexibility index (Phi) is 3.07. The van der Waals surface area contributed by atoms with Gasteiger partial charge in [0.25, 0.3) is 0 Å². The SMILES string of the molecule is CC(C1CC1)C(O)(c1ccc(Cl)cc1)n1cncn1. The van der Waals surface area contributed by atoms with Gasteiger partial charge in [0.15, 0.2) is 5.72 Å². The molecule has 1 aromatic carbocycles. The Morgan fingerprint density at radius 2 is 2.05 bits per heavy atom. The third kappa shape index (κ3) is 2.15. The highest BCUT2D eigenvalue weighted by atomic mass is 35.5. The van der Waals surface area contributed by atoms with Crippen LogP contribution in [0.3, 0.4) is 0 Å². The number of rotatable bonds is 4. The second kappa shape index (κ2) is 4.62. The van der Waals surface area contributed by atoms with Gasteiger partial charge in [-0.2, -0.15) is 5.10 Å². The van der Waals surface area contributed by atoms with E-state index in [0.29, 0.717) is 10.9 Å². The molecule has 0 spiro atoms. The van der Waals surface area contributed by atoms with Crippen LogP contribution in [-0.2, 0) is 5.72 Å². The number of hydrogen-bond acceptors (Lipinski definition) is 3. The molecule has 0 saturated heterocycles. The molecule has 1 heterocycles. The van der Waals surface area contributed by atoms with Crippen molar-refractivity contribution < 1.29 is 5.11 Å². The molecule has 1 N–H and O–H groups in total. The molecule has 4 nitrogen and oxygen atoms in total. The van der Waals surface area contributed by atoms with Crippen LogP contribution >= 0.6 is 11.6 Å². The van der Waals surface area contributed by atoms with Crippen LogP contribution in [0.2, 0.25) is 5.02 Å². The zero-order chi connectivity index (χ0) is 13.5. The van der Waals surface area contributed by atoms with Crippen molar-refractivity contribution in [2.75, 3.05) is 0 Å². The van der Waals surface area contributed by atoms with Crippen molar-refractivity contribution in [1.29, 1.82) is 0 Å². The Morgan fingerprint density at radius 1 is 1.37 bits per heavy atom. The van der Waals surface area contributed by atoms with E-state index in [1.165, 1.54) is 6.33 Å². The molecule has 1 aromatic heterocycles. The van der Waals surface area contributed by atoms with Gasteiger partial charge in [-0.05, 0) is 30.9 Å². The number of hydrogen-bond donors (Lipinski definition) is 1. The molecule has 0 radical (unpaired) electrons. The largest absolute Gasteiger partial charge is 0.365 e. The van der Waals surface area contributed by atoms with Crippen LogP contribution in [0.4, 0.5) is 0 Å². The Labute approximate surface area is 117 Å². The third-order valence-electron chi connectivity index (χ3n) is 4.00. The lowest BCUT2D eigenvalue weighted by Crippen LogP contribution is -2.42. The molecule has 1 aliphatic carbocycles. The van der Waals surface area contributed by atoms with Gasteiger partial charge in [-0.25, -0.2) is 9.67 Å². The first-order chi connectivity index (χ1) is 9.12. The number of aliphatic hydroxyl groups is 1. The molecule has 2 unspecified atom stereocenters. The second-order valence-electron chi connectivity index (χ2n) is 5.20. The third-order valence-corrected chi connectivity index (χ3v) is 4.25. The lowest BCUT2D eigenvalue weighted by molar-refractivity contribution is -0.0646. The lowest BCUT2D eigenvalue weighted by atomic mass is 9.86. The highest BCUT2D eigenvalue weighted by Gasteiger charge is 2.46. The van der Waals surface area contributed by atoms with Gasteiger partial charge in [0, 0.05) is 16.5 Å². The van der Waals surface area contributed by atoms with Crippen molar-refractivity contribution in [1.82, 2.24) is 14.8 Å². The zero-order valence-corrected chi connectivity index (χ0v) is 11.5. The van der Waals surface area contributed by atoms with E-state index in [-0.39, 0.29) is 5.92 Å². The molecule has 1 fully saturated rings. The predicted octanol–water partition coefficient (Wildman–Crippen LogP) is 2.67. The minimum Gasteiger partial charge on any atom is -0.365 e. The summed E-state index contributed by atoms with van der Waals surface area (Å²) in [4.78, 5) is 3.96. The fraction of sp³-hybridized carbons (Fsp3) is 0.429. The predicted molar refractivity (Wildman–Crippen MR) is 72.7 cm³/mol. The van der Waals surface area contributed by atoms with Gasteiger partial charge >= 0.3 is 0 Å². The number of benzene rings is 1. The molecule has 0 aliphatic heterocycles. The maximum absolute atomic E-state index is 11.2. The summed E-state index contributed by atoms with van der Waals surface area (Å²) in [6, 6.07) is 7.28. The summed E-state index contributed by atoms with van der Waals surface area (Å²) in [5.41, 5.74) is -0.371. The molecule has 19 heavy (non-hydrogen) atoms. The Hall–Kier alpha value is -1.39. The van der Waals surface area contributed by atoms with Gasteiger partial charge < -0.3 is 5.11 Å². The van der Waals surface area contributed by atoms with E-state index in [0.717, 1.165) is 18.4 Å². The molecule has 2 aromatic rings. The first-order valence-corrected chi connectivity index (χ1v) is 6.83. The Morgan fingerprint density at radius 3 is 2.58 bits per heavy atom. The van der Waals surface area contributed by atoms with Crippen LogP contribution < -0.4 is 0 Å². The molecule has 0 bridgehead atoms. The minimum atomic E-state index is -1.16. The summed E-state index contributed by atoms with van der Waals surface area (Å²) >= 11 is 5.92. The van der Waals surface area contributed by atoms with E-state index in [9.17, 15) is 5.11 Å². The molecule has 1 aliphatic rings. The van der Waals surface area contributed by atoms with Crippen LogP contribution in [0.1, 0.15) is 25.3 Å². The fourth-order valence-electron chi connectivity index (χ4n) is 2.61. The average molecular weight is 278 g/mol. The topological polar surface area (TPSA) is 50.9 Å². The summed E-state index contributed by atoms with van der Waals surface area (Å²) in [6.07, 6.45) is 5.32. The van der Waals surface area contributed by atoms with Gasteiger partial charge in [-0.15, -0.1) is 0 Å². The number of aromatic nitrogens is 3. The van der Waals surface area contributed by atoms with Crippen molar-refractivity contribution in [3.8, 4) is 0 Å². The van der Waals surface area contributed by atoms with Crippen molar-refractivity contribution in [2.45, 2.75) is 25.5 Å². The summed E-state index contributed by atoms with van der Waals surface area (Å²) in [5.74, 6) is 0.611. The summed E-state index contributed by atoms with van der Waals surface area (Å²) in [6.45, 7) is 2.06. The smallest absolute Gasteiger partial charge is 0.188 e. The van der Waals surface area contributed by atoms with Crippen molar-refractivity contribution in [3.05, 3.63) is 47.5 Å². The summed E-state index contributed by atoms with van der Waals surface area (Å²) < 4.78 is 1.54. The molecule has 0 amide bonds. The van der Waals surface area contributed by atoms with Gasteiger partial charge in [-0.1, -0.05) is 30.7 Å². The number of halogens is 1. The van der Waals surface area contributed by atoms with Gasteiger partial charge in [-0.3, -0.25) is 0 Å². The van der Waals surface area contributed by atoms with E-state index in [1.807, 2.05) is 12.1 Å². The standard InChI is InChI=1S/C14H16ClN3O/c1-10(11-2-3-11)14(19,18-9-16-8-17-18)12-4-6-13(15)7-5-12/h4-11,19H,2-3H2,1H3. The van der Waals surface area contributed by atoms with Gasteiger partial charge in [0.05, 0.1) is 0 Å². The molecule has 100 valence electrons. The quantitative estimate of drug-likeness (QED) is 0.935. The molecule has 3 rings (SSSR count). The van der Waals surface area contributed by atoms with Crippen LogP contribution in [0.25, 0.3) is 0 Å². The van der Waals surface area contributed by atoms with Crippen LogP contribution in [0.5, 0.6) is 0 Å². The first-order valence-electron chi connectivity index (χ1n) is 6.46. The Bertz CT molecular complexity index is 551. The minimum absolute atomic E-state index is 0.0791. The van der Waals surface area contributed by atoms with E-state index in [1.54, 1.807) is 23.1 Å². The first kappa shape index (κ1) is 12.6. The van der Waals surface area contributed by atoms with E-state index >= 15 is 0 Å². The van der Waals surface area contributed by atoms with Crippen LogP contribution in [0.15, 0.2) is 36.9 Å².